The number of nitrogens with zero attached hydrogens (tertiary/aromatic N) is 1. The van der Waals surface area contributed by atoms with Gasteiger partial charge in [0.1, 0.15) is 5.75 Å². The Hall–Kier alpha value is -1.77. The van der Waals surface area contributed by atoms with Gasteiger partial charge in [-0.05, 0) is 63.6 Å². The third kappa shape index (κ3) is 4.36. The van der Waals surface area contributed by atoms with Gasteiger partial charge in [0.25, 0.3) is 0 Å². The van der Waals surface area contributed by atoms with Crippen molar-refractivity contribution in [1.82, 2.24) is 10.2 Å². The molecule has 2 rings (SSSR count). The molecule has 1 aromatic heterocycles. The van der Waals surface area contributed by atoms with Crippen LogP contribution in [0.15, 0.2) is 18.2 Å². The standard InChI is InChI=1S/C19H28N2O/c1-14-10-9-11-15(2)19(14)22-13-8-6-5-7-12-18-16(3)20-21-17(18)4/h9-11H,5-8,12-13H2,1-4H3,(H,20,21). The van der Waals surface area contributed by atoms with Crippen LogP contribution in [0.5, 0.6) is 5.75 Å². The van der Waals surface area contributed by atoms with Gasteiger partial charge in [-0.15, -0.1) is 0 Å². The average molecular weight is 300 g/mol. The zero-order chi connectivity index (χ0) is 15.9. The molecule has 120 valence electrons. The van der Waals surface area contributed by atoms with Crippen molar-refractivity contribution in [2.75, 3.05) is 6.61 Å². The number of hydrogen-bond acceptors (Lipinski definition) is 2. The van der Waals surface area contributed by atoms with Crippen LogP contribution in [0.4, 0.5) is 0 Å². The lowest BCUT2D eigenvalue weighted by Gasteiger charge is -2.11. The maximum atomic E-state index is 5.94. The smallest absolute Gasteiger partial charge is 0.125 e. The topological polar surface area (TPSA) is 37.9 Å². The Morgan fingerprint density at radius 3 is 2.27 bits per heavy atom. The lowest BCUT2D eigenvalue weighted by atomic mass is 10.0. The molecule has 1 aromatic carbocycles. The molecule has 0 atom stereocenters. The minimum atomic E-state index is 0.815. The summed E-state index contributed by atoms with van der Waals surface area (Å²) in [5.74, 6) is 1.06. The molecule has 0 fully saturated rings. The third-order valence-electron chi connectivity index (χ3n) is 4.26. The predicted molar refractivity (Wildman–Crippen MR) is 91.6 cm³/mol. The SMILES string of the molecule is Cc1cccc(C)c1OCCCCCCc1c(C)n[nH]c1C. The summed E-state index contributed by atoms with van der Waals surface area (Å²) < 4.78 is 5.94. The number of nitrogens with one attached hydrogen (secondary N) is 1. The molecule has 0 spiro atoms. The Morgan fingerprint density at radius 2 is 1.64 bits per heavy atom. The lowest BCUT2D eigenvalue weighted by molar-refractivity contribution is 0.301. The second kappa shape index (κ2) is 8.02. The van der Waals surface area contributed by atoms with E-state index in [1.807, 2.05) is 0 Å². The van der Waals surface area contributed by atoms with Crippen LogP contribution in [-0.2, 0) is 6.42 Å². The fourth-order valence-electron chi connectivity index (χ4n) is 2.90. The van der Waals surface area contributed by atoms with Crippen LogP contribution in [0.2, 0.25) is 0 Å². The van der Waals surface area contributed by atoms with Gasteiger partial charge in [0.05, 0.1) is 12.3 Å². The largest absolute Gasteiger partial charge is 0.493 e. The molecule has 22 heavy (non-hydrogen) atoms. The fraction of sp³-hybridized carbons (Fsp3) is 0.526. The summed E-state index contributed by atoms with van der Waals surface area (Å²) in [5, 5.41) is 7.31. The van der Waals surface area contributed by atoms with Gasteiger partial charge in [-0.2, -0.15) is 5.10 Å². The van der Waals surface area contributed by atoms with E-state index < -0.39 is 0 Å². The number of aryl methyl sites for hydroxylation is 4. The zero-order valence-corrected chi connectivity index (χ0v) is 14.3. The van der Waals surface area contributed by atoms with Gasteiger partial charge in [-0.25, -0.2) is 0 Å². The van der Waals surface area contributed by atoms with E-state index in [1.54, 1.807) is 0 Å². The highest BCUT2D eigenvalue weighted by Gasteiger charge is 2.05. The van der Waals surface area contributed by atoms with Gasteiger partial charge >= 0.3 is 0 Å². The maximum absolute atomic E-state index is 5.94. The second-order valence-electron chi connectivity index (χ2n) is 6.15. The number of para-hydroxylation sites is 1. The molecule has 0 aliphatic carbocycles. The molecule has 3 heteroatoms. The van der Waals surface area contributed by atoms with Crippen molar-refractivity contribution in [3.8, 4) is 5.75 Å². The molecular formula is C19H28N2O. The van der Waals surface area contributed by atoms with Crippen molar-refractivity contribution >= 4 is 0 Å². The Labute approximate surface area is 134 Å². The number of ether oxygens (including phenoxy) is 1. The number of hydrogen-bond donors (Lipinski definition) is 1. The molecule has 1 N–H and O–H groups in total. The molecule has 0 unspecified atom stereocenters. The van der Waals surface area contributed by atoms with E-state index in [-0.39, 0.29) is 0 Å². The molecule has 0 bridgehead atoms. The number of benzene rings is 1. The van der Waals surface area contributed by atoms with Gasteiger partial charge < -0.3 is 4.74 Å². The zero-order valence-electron chi connectivity index (χ0n) is 14.3. The Kier molecular flexibility index (Phi) is 6.05. The van der Waals surface area contributed by atoms with E-state index in [2.05, 4.69) is 56.1 Å². The van der Waals surface area contributed by atoms with Crippen LogP contribution in [0, 0.1) is 27.7 Å². The molecule has 0 aliphatic rings. The molecule has 0 saturated carbocycles. The Bertz CT molecular complexity index is 562. The summed E-state index contributed by atoms with van der Waals surface area (Å²) in [7, 11) is 0. The first-order chi connectivity index (χ1) is 10.6. The second-order valence-corrected chi connectivity index (χ2v) is 6.15. The molecule has 1 heterocycles. The van der Waals surface area contributed by atoms with E-state index in [4.69, 9.17) is 4.74 Å². The summed E-state index contributed by atoms with van der Waals surface area (Å²) >= 11 is 0. The Balaban J connectivity index is 1.62. The first-order valence-electron chi connectivity index (χ1n) is 8.29. The van der Waals surface area contributed by atoms with E-state index in [1.165, 1.54) is 41.6 Å². The van der Waals surface area contributed by atoms with E-state index in [9.17, 15) is 0 Å². The van der Waals surface area contributed by atoms with E-state index in [0.717, 1.165) is 30.9 Å². The van der Waals surface area contributed by atoms with Crippen LogP contribution < -0.4 is 4.74 Å². The van der Waals surface area contributed by atoms with Gasteiger partial charge in [0.15, 0.2) is 0 Å². The van der Waals surface area contributed by atoms with Gasteiger partial charge in [-0.3, -0.25) is 5.10 Å². The highest BCUT2D eigenvalue weighted by molar-refractivity contribution is 5.39. The van der Waals surface area contributed by atoms with Gasteiger partial charge in [-0.1, -0.05) is 31.0 Å². The van der Waals surface area contributed by atoms with Crippen molar-refractivity contribution in [2.24, 2.45) is 0 Å². The first kappa shape index (κ1) is 16.6. The van der Waals surface area contributed by atoms with Crippen molar-refractivity contribution in [2.45, 2.75) is 59.8 Å². The molecule has 2 aromatic rings. The van der Waals surface area contributed by atoms with Gasteiger partial charge in [0.2, 0.25) is 0 Å². The summed E-state index contributed by atoms with van der Waals surface area (Å²) in [4.78, 5) is 0. The lowest BCUT2D eigenvalue weighted by Crippen LogP contribution is -2.00. The normalized spacial score (nSPS) is 10.9. The Morgan fingerprint density at radius 1 is 0.955 bits per heavy atom. The highest BCUT2D eigenvalue weighted by Crippen LogP contribution is 2.22. The van der Waals surface area contributed by atoms with Crippen LogP contribution in [0.3, 0.4) is 0 Å². The van der Waals surface area contributed by atoms with Crippen molar-refractivity contribution in [3.05, 3.63) is 46.3 Å². The van der Waals surface area contributed by atoms with Crippen molar-refractivity contribution in [1.29, 1.82) is 0 Å². The molecule has 0 radical (unpaired) electrons. The van der Waals surface area contributed by atoms with Crippen LogP contribution in [0.25, 0.3) is 0 Å². The van der Waals surface area contributed by atoms with Crippen LogP contribution in [0.1, 0.15) is 53.8 Å². The fourth-order valence-corrected chi connectivity index (χ4v) is 2.90. The first-order valence-corrected chi connectivity index (χ1v) is 8.29. The molecule has 0 amide bonds. The highest BCUT2D eigenvalue weighted by atomic mass is 16.5. The summed E-state index contributed by atoms with van der Waals surface area (Å²) in [6.07, 6.45) is 5.95. The van der Waals surface area contributed by atoms with Gasteiger partial charge in [0, 0.05) is 5.69 Å². The molecule has 0 saturated heterocycles. The number of rotatable bonds is 8. The molecule has 3 nitrogen and oxygen atoms in total. The molecular weight excluding hydrogens is 272 g/mol. The third-order valence-corrected chi connectivity index (χ3v) is 4.26. The minimum Gasteiger partial charge on any atom is -0.493 e. The summed E-state index contributed by atoms with van der Waals surface area (Å²) in [6, 6.07) is 6.30. The van der Waals surface area contributed by atoms with Crippen LogP contribution >= 0.6 is 0 Å². The average Bonchev–Trinajstić information content (AvgIpc) is 2.80. The minimum absolute atomic E-state index is 0.815. The number of H-pyrrole nitrogens is 1. The number of aromatic amines is 1. The monoisotopic (exact) mass is 300 g/mol. The summed E-state index contributed by atoms with van der Waals surface area (Å²) in [6.45, 7) is 9.22. The predicted octanol–water partition coefficient (Wildman–Crippen LogP) is 4.83. The van der Waals surface area contributed by atoms with E-state index in [0.29, 0.717) is 0 Å². The van der Waals surface area contributed by atoms with Crippen LogP contribution in [-0.4, -0.2) is 16.8 Å². The quantitative estimate of drug-likeness (QED) is 0.709. The summed E-state index contributed by atoms with van der Waals surface area (Å²) in [5.41, 5.74) is 6.22. The molecule has 0 aliphatic heterocycles. The van der Waals surface area contributed by atoms with E-state index >= 15 is 0 Å². The van der Waals surface area contributed by atoms with Crippen molar-refractivity contribution in [3.63, 3.8) is 0 Å². The number of aromatic nitrogens is 2. The number of unbranched alkanes of at least 4 members (excludes halogenated alkanes) is 3. The maximum Gasteiger partial charge on any atom is 0.125 e. The van der Waals surface area contributed by atoms with Crippen molar-refractivity contribution < 1.29 is 4.74 Å².